The van der Waals surface area contributed by atoms with Crippen molar-refractivity contribution in [3.8, 4) is 0 Å². The molecule has 1 atom stereocenters. The predicted octanol–water partition coefficient (Wildman–Crippen LogP) is 1.80. The third-order valence-corrected chi connectivity index (χ3v) is 3.32. The molecule has 0 aromatic carbocycles. The molecule has 20 heavy (non-hydrogen) atoms. The highest BCUT2D eigenvalue weighted by atomic mass is 16.3. The van der Waals surface area contributed by atoms with E-state index in [9.17, 15) is 4.79 Å². The maximum absolute atomic E-state index is 12.4. The Kier molecular flexibility index (Phi) is 4.42. The first-order valence-electron chi connectivity index (χ1n) is 6.36. The molecule has 1 amide bonds. The summed E-state index contributed by atoms with van der Waals surface area (Å²) in [7, 11) is 1.74. The van der Waals surface area contributed by atoms with Crippen LogP contribution < -0.4 is 0 Å². The van der Waals surface area contributed by atoms with Crippen LogP contribution in [0.15, 0.2) is 42.9 Å². The van der Waals surface area contributed by atoms with Gasteiger partial charge in [-0.2, -0.15) is 0 Å². The van der Waals surface area contributed by atoms with E-state index < -0.39 is 0 Å². The number of rotatable bonds is 4. The summed E-state index contributed by atoms with van der Waals surface area (Å²) in [5, 5.41) is 9.11. The van der Waals surface area contributed by atoms with Crippen molar-refractivity contribution in [1.29, 1.82) is 0 Å². The minimum atomic E-state index is -0.176. The van der Waals surface area contributed by atoms with Crippen LogP contribution in [-0.2, 0) is 6.61 Å². The molecule has 5 nitrogen and oxygen atoms in total. The van der Waals surface area contributed by atoms with Gasteiger partial charge in [-0.05, 0) is 42.3 Å². The first-order valence-corrected chi connectivity index (χ1v) is 6.36. The van der Waals surface area contributed by atoms with Crippen LogP contribution in [0.3, 0.4) is 0 Å². The molecule has 0 spiro atoms. The Morgan fingerprint density at radius 1 is 1.30 bits per heavy atom. The van der Waals surface area contributed by atoms with Crippen LogP contribution in [0.25, 0.3) is 0 Å². The largest absolute Gasteiger partial charge is 0.392 e. The zero-order chi connectivity index (χ0) is 14.5. The van der Waals surface area contributed by atoms with Crippen LogP contribution in [-0.4, -0.2) is 32.9 Å². The fourth-order valence-corrected chi connectivity index (χ4v) is 1.91. The van der Waals surface area contributed by atoms with Crippen LogP contribution in [0, 0.1) is 0 Å². The monoisotopic (exact) mass is 271 g/mol. The van der Waals surface area contributed by atoms with Crippen molar-refractivity contribution in [3.05, 3.63) is 59.7 Å². The zero-order valence-electron chi connectivity index (χ0n) is 11.5. The topological polar surface area (TPSA) is 66.3 Å². The van der Waals surface area contributed by atoms with Gasteiger partial charge in [-0.1, -0.05) is 0 Å². The molecule has 2 aromatic rings. The van der Waals surface area contributed by atoms with Crippen molar-refractivity contribution in [2.75, 3.05) is 7.05 Å². The zero-order valence-corrected chi connectivity index (χ0v) is 11.5. The van der Waals surface area contributed by atoms with E-state index in [4.69, 9.17) is 5.11 Å². The smallest absolute Gasteiger partial charge is 0.272 e. The van der Waals surface area contributed by atoms with Gasteiger partial charge < -0.3 is 10.0 Å². The maximum Gasteiger partial charge on any atom is 0.272 e. The lowest BCUT2D eigenvalue weighted by atomic mass is 10.1. The van der Waals surface area contributed by atoms with E-state index in [1.54, 1.807) is 36.5 Å². The second-order valence-electron chi connectivity index (χ2n) is 4.58. The number of hydrogen-bond acceptors (Lipinski definition) is 4. The van der Waals surface area contributed by atoms with Gasteiger partial charge in [0.05, 0.1) is 12.6 Å². The molecule has 0 bridgehead atoms. The normalized spacial score (nSPS) is 11.9. The number of aliphatic hydroxyl groups excluding tert-OH is 1. The molecule has 104 valence electrons. The summed E-state index contributed by atoms with van der Waals surface area (Å²) >= 11 is 0. The van der Waals surface area contributed by atoms with E-state index >= 15 is 0 Å². The van der Waals surface area contributed by atoms with Gasteiger partial charge in [0.25, 0.3) is 5.91 Å². The Morgan fingerprint density at radius 2 is 2.00 bits per heavy atom. The summed E-state index contributed by atoms with van der Waals surface area (Å²) in [5.74, 6) is -0.176. The maximum atomic E-state index is 12.4. The van der Waals surface area contributed by atoms with Crippen molar-refractivity contribution in [2.24, 2.45) is 0 Å². The number of carbonyl (C=O) groups is 1. The van der Waals surface area contributed by atoms with Crippen molar-refractivity contribution in [2.45, 2.75) is 19.6 Å². The average Bonchev–Trinajstić information content (AvgIpc) is 2.53. The minimum absolute atomic E-state index is 0.0786. The lowest BCUT2D eigenvalue weighted by molar-refractivity contribution is 0.0736. The molecule has 0 fully saturated rings. The highest BCUT2D eigenvalue weighted by molar-refractivity contribution is 5.92. The van der Waals surface area contributed by atoms with Gasteiger partial charge in [0.1, 0.15) is 5.69 Å². The molecule has 1 N–H and O–H groups in total. The van der Waals surface area contributed by atoms with E-state index in [-0.39, 0.29) is 18.6 Å². The van der Waals surface area contributed by atoms with Crippen LogP contribution in [0.1, 0.15) is 34.6 Å². The van der Waals surface area contributed by atoms with Crippen LogP contribution in [0.4, 0.5) is 0 Å². The number of pyridine rings is 2. The van der Waals surface area contributed by atoms with Gasteiger partial charge in [-0.25, -0.2) is 0 Å². The van der Waals surface area contributed by atoms with Gasteiger partial charge in [0.15, 0.2) is 0 Å². The third-order valence-electron chi connectivity index (χ3n) is 3.32. The van der Waals surface area contributed by atoms with Gasteiger partial charge in [0.2, 0.25) is 0 Å². The summed E-state index contributed by atoms with van der Waals surface area (Å²) in [6.07, 6.45) is 4.94. The number of nitrogens with zero attached hydrogens (tertiary/aromatic N) is 3. The molecule has 0 saturated carbocycles. The van der Waals surface area contributed by atoms with Crippen LogP contribution in [0.5, 0.6) is 0 Å². The van der Waals surface area contributed by atoms with E-state index in [1.165, 1.54) is 6.20 Å². The predicted molar refractivity (Wildman–Crippen MR) is 74.9 cm³/mol. The van der Waals surface area contributed by atoms with Crippen molar-refractivity contribution >= 4 is 5.91 Å². The molecular formula is C15H17N3O2. The summed E-state index contributed by atoms with van der Waals surface area (Å²) in [4.78, 5) is 22.1. The molecule has 2 aromatic heterocycles. The fraction of sp³-hybridized carbons (Fsp3) is 0.267. The minimum Gasteiger partial charge on any atom is -0.392 e. The SMILES string of the molecule is CC(c1ccncc1)N(C)C(=O)c1cc(CO)ccn1. The molecule has 2 rings (SSSR count). The quantitative estimate of drug-likeness (QED) is 0.921. The Morgan fingerprint density at radius 3 is 2.65 bits per heavy atom. The first-order chi connectivity index (χ1) is 9.63. The van der Waals surface area contributed by atoms with E-state index in [1.807, 2.05) is 19.1 Å². The number of carbonyl (C=O) groups excluding carboxylic acids is 1. The van der Waals surface area contributed by atoms with Crippen molar-refractivity contribution < 1.29 is 9.90 Å². The molecular weight excluding hydrogens is 254 g/mol. The molecule has 0 saturated heterocycles. The Labute approximate surface area is 117 Å². The van der Waals surface area contributed by atoms with Gasteiger partial charge >= 0.3 is 0 Å². The molecule has 0 aliphatic heterocycles. The number of aromatic nitrogens is 2. The van der Waals surface area contributed by atoms with E-state index in [2.05, 4.69) is 9.97 Å². The van der Waals surface area contributed by atoms with Crippen LogP contribution >= 0.6 is 0 Å². The second-order valence-corrected chi connectivity index (χ2v) is 4.58. The van der Waals surface area contributed by atoms with Crippen molar-refractivity contribution in [3.63, 3.8) is 0 Å². The molecule has 0 aliphatic carbocycles. The fourth-order valence-electron chi connectivity index (χ4n) is 1.91. The van der Waals surface area contributed by atoms with Crippen molar-refractivity contribution in [1.82, 2.24) is 14.9 Å². The highest BCUT2D eigenvalue weighted by Crippen LogP contribution is 2.19. The molecule has 0 aliphatic rings. The number of amides is 1. The summed E-state index contributed by atoms with van der Waals surface area (Å²) in [6, 6.07) is 6.98. The lowest BCUT2D eigenvalue weighted by Crippen LogP contribution is -2.30. The highest BCUT2D eigenvalue weighted by Gasteiger charge is 2.19. The molecule has 5 heteroatoms. The van der Waals surface area contributed by atoms with Gasteiger partial charge in [-0.15, -0.1) is 0 Å². The number of hydrogen-bond donors (Lipinski definition) is 1. The molecule has 1 unspecified atom stereocenters. The second kappa shape index (κ2) is 6.25. The Hall–Kier alpha value is -2.27. The third kappa shape index (κ3) is 3.00. The summed E-state index contributed by atoms with van der Waals surface area (Å²) in [5.41, 5.74) is 2.02. The van der Waals surface area contributed by atoms with Gasteiger partial charge in [-0.3, -0.25) is 14.8 Å². The Balaban J connectivity index is 2.19. The van der Waals surface area contributed by atoms with E-state index in [0.29, 0.717) is 11.3 Å². The summed E-state index contributed by atoms with van der Waals surface area (Å²) < 4.78 is 0. The standard InChI is InChI=1S/C15H17N3O2/c1-11(13-4-6-16-7-5-13)18(2)15(20)14-9-12(10-19)3-8-17-14/h3-9,11,19H,10H2,1-2H3. The average molecular weight is 271 g/mol. The van der Waals surface area contributed by atoms with Crippen LogP contribution in [0.2, 0.25) is 0 Å². The Bertz CT molecular complexity index is 587. The first kappa shape index (κ1) is 14.1. The van der Waals surface area contributed by atoms with E-state index in [0.717, 1.165) is 5.56 Å². The summed E-state index contributed by atoms with van der Waals surface area (Å²) in [6.45, 7) is 1.84. The molecule has 2 heterocycles. The van der Waals surface area contributed by atoms with Gasteiger partial charge in [0, 0.05) is 25.6 Å². The number of aliphatic hydroxyl groups is 1. The molecule has 0 radical (unpaired) electrons. The lowest BCUT2D eigenvalue weighted by Gasteiger charge is -2.25.